The zero-order valence-electron chi connectivity index (χ0n) is 11.7. The van der Waals surface area contributed by atoms with Crippen LogP contribution in [-0.2, 0) is 11.3 Å². The molecule has 0 radical (unpaired) electrons. The van der Waals surface area contributed by atoms with Crippen LogP contribution >= 0.6 is 23.2 Å². The van der Waals surface area contributed by atoms with Crippen LogP contribution in [0.2, 0.25) is 10.0 Å². The van der Waals surface area contributed by atoms with E-state index in [4.69, 9.17) is 23.2 Å². The number of likely N-dealkylation sites (tertiary alicyclic amines) is 1. The van der Waals surface area contributed by atoms with Gasteiger partial charge in [0.05, 0.1) is 10.0 Å². The largest absolute Gasteiger partial charge is 0.480 e. The molecule has 1 aromatic rings. The smallest absolute Gasteiger partial charge is 0.321 e. The fourth-order valence-corrected chi connectivity index (χ4v) is 3.35. The molecule has 1 atom stereocenters. The van der Waals surface area contributed by atoms with Crippen molar-refractivity contribution < 1.29 is 9.90 Å². The maximum atomic E-state index is 11.6. The molecule has 1 unspecified atom stereocenters. The first kappa shape index (κ1) is 15.6. The van der Waals surface area contributed by atoms with Crippen LogP contribution < -0.4 is 0 Å². The summed E-state index contributed by atoms with van der Waals surface area (Å²) in [5.74, 6) is -0.755. The lowest BCUT2D eigenvalue weighted by atomic mass is 9.76. The van der Waals surface area contributed by atoms with Crippen molar-refractivity contribution in [2.45, 2.75) is 39.3 Å². The molecule has 1 aromatic carbocycles. The Hall–Kier alpha value is -0.770. The molecule has 1 aliphatic heterocycles. The summed E-state index contributed by atoms with van der Waals surface area (Å²) >= 11 is 11.9. The van der Waals surface area contributed by atoms with Crippen molar-refractivity contribution in [2.24, 2.45) is 5.41 Å². The predicted molar refractivity (Wildman–Crippen MR) is 81.3 cm³/mol. The van der Waals surface area contributed by atoms with Crippen LogP contribution in [0.15, 0.2) is 18.2 Å². The van der Waals surface area contributed by atoms with Crippen LogP contribution in [0.25, 0.3) is 0 Å². The summed E-state index contributed by atoms with van der Waals surface area (Å²) < 4.78 is 0. The van der Waals surface area contributed by atoms with Crippen LogP contribution in [0.5, 0.6) is 0 Å². The molecule has 0 amide bonds. The topological polar surface area (TPSA) is 40.5 Å². The van der Waals surface area contributed by atoms with Gasteiger partial charge < -0.3 is 5.11 Å². The lowest BCUT2D eigenvalue weighted by molar-refractivity contribution is -0.151. The van der Waals surface area contributed by atoms with Gasteiger partial charge in [-0.25, -0.2) is 0 Å². The van der Waals surface area contributed by atoms with Gasteiger partial charge in [0, 0.05) is 6.54 Å². The molecule has 0 aromatic heterocycles. The molecule has 2 rings (SSSR count). The number of hydrogen-bond acceptors (Lipinski definition) is 2. The second-order valence-electron chi connectivity index (χ2n) is 6.05. The molecule has 1 saturated heterocycles. The van der Waals surface area contributed by atoms with Crippen molar-refractivity contribution >= 4 is 29.2 Å². The first-order chi connectivity index (χ1) is 9.31. The van der Waals surface area contributed by atoms with Crippen molar-refractivity contribution in [2.75, 3.05) is 6.54 Å². The molecular weight excluding hydrogens is 297 g/mol. The highest BCUT2D eigenvalue weighted by atomic mass is 35.5. The summed E-state index contributed by atoms with van der Waals surface area (Å²) in [7, 11) is 0. The molecule has 110 valence electrons. The van der Waals surface area contributed by atoms with E-state index < -0.39 is 12.0 Å². The van der Waals surface area contributed by atoms with Gasteiger partial charge in [0.25, 0.3) is 0 Å². The Morgan fingerprint density at radius 3 is 2.70 bits per heavy atom. The average molecular weight is 316 g/mol. The Kier molecular flexibility index (Phi) is 4.62. The fourth-order valence-electron chi connectivity index (χ4n) is 3.03. The van der Waals surface area contributed by atoms with E-state index in [0.29, 0.717) is 16.6 Å². The molecule has 0 aliphatic carbocycles. The van der Waals surface area contributed by atoms with Gasteiger partial charge in [0.2, 0.25) is 0 Å². The van der Waals surface area contributed by atoms with E-state index in [0.717, 1.165) is 24.9 Å². The average Bonchev–Trinajstić information content (AvgIpc) is 2.32. The van der Waals surface area contributed by atoms with Crippen LogP contribution in [0.1, 0.15) is 32.3 Å². The number of carbonyl (C=O) groups is 1. The number of hydrogen-bond donors (Lipinski definition) is 1. The number of halogens is 2. The highest BCUT2D eigenvalue weighted by molar-refractivity contribution is 6.42. The summed E-state index contributed by atoms with van der Waals surface area (Å²) in [6.07, 6.45) is 1.94. The van der Waals surface area contributed by atoms with E-state index in [-0.39, 0.29) is 5.41 Å². The molecule has 0 saturated carbocycles. The number of carboxylic acids is 1. The third-order valence-electron chi connectivity index (χ3n) is 3.98. The van der Waals surface area contributed by atoms with Crippen molar-refractivity contribution in [1.82, 2.24) is 4.90 Å². The minimum absolute atomic E-state index is 0.222. The summed E-state index contributed by atoms with van der Waals surface area (Å²) in [5.41, 5.74) is 0.767. The highest BCUT2D eigenvalue weighted by Crippen LogP contribution is 2.36. The second-order valence-corrected chi connectivity index (χ2v) is 6.87. The Balaban J connectivity index is 2.21. The summed E-state index contributed by atoms with van der Waals surface area (Å²) in [4.78, 5) is 13.6. The van der Waals surface area contributed by atoms with E-state index in [9.17, 15) is 9.90 Å². The zero-order chi connectivity index (χ0) is 14.9. The zero-order valence-corrected chi connectivity index (χ0v) is 13.2. The van der Waals surface area contributed by atoms with Gasteiger partial charge in [-0.15, -0.1) is 0 Å². The molecule has 1 aliphatic rings. The maximum absolute atomic E-state index is 11.6. The van der Waals surface area contributed by atoms with Gasteiger partial charge in [-0.3, -0.25) is 9.69 Å². The Labute approximate surface area is 129 Å². The van der Waals surface area contributed by atoms with Crippen LogP contribution in [0.3, 0.4) is 0 Å². The van der Waals surface area contributed by atoms with Crippen LogP contribution in [0.4, 0.5) is 0 Å². The third-order valence-corrected chi connectivity index (χ3v) is 4.71. The number of aliphatic carboxylic acids is 1. The van der Waals surface area contributed by atoms with E-state index in [1.807, 2.05) is 30.9 Å². The Morgan fingerprint density at radius 2 is 2.10 bits per heavy atom. The van der Waals surface area contributed by atoms with Crippen molar-refractivity contribution in [3.05, 3.63) is 33.8 Å². The van der Waals surface area contributed by atoms with Crippen LogP contribution in [0, 0.1) is 5.41 Å². The van der Waals surface area contributed by atoms with E-state index in [2.05, 4.69) is 0 Å². The molecule has 0 bridgehead atoms. The number of carboxylic acid groups (broad SMARTS) is 1. The van der Waals surface area contributed by atoms with Gasteiger partial charge >= 0.3 is 5.97 Å². The van der Waals surface area contributed by atoms with E-state index in [1.54, 1.807) is 6.07 Å². The van der Waals surface area contributed by atoms with E-state index >= 15 is 0 Å². The summed E-state index contributed by atoms with van der Waals surface area (Å²) in [6, 6.07) is 4.99. The normalized spacial score (nSPS) is 22.7. The van der Waals surface area contributed by atoms with Crippen molar-refractivity contribution in [3.63, 3.8) is 0 Å². The molecule has 20 heavy (non-hydrogen) atoms. The minimum atomic E-state index is -0.755. The monoisotopic (exact) mass is 315 g/mol. The number of nitrogens with zero attached hydrogens (tertiary/aromatic N) is 1. The molecule has 1 N–H and O–H groups in total. The Morgan fingerprint density at radius 1 is 1.40 bits per heavy atom. The van der Waals surface area contributed by atoms with Gasteiger partial charge in [0.15, 0.2) is 0 Å². The second kappa shape index (κ2) is 5.92. The van der Waals surface area contributed by atoms with Crippen molar-refractivity contribution in [1.29, 1.82) is 0 Å². The molecule has 3 nitrogen and oxygen atoms in total. The highest BCUT2D eigenvalue weighted by Gasteiger charge is 2.42. The third kappa shape index (κ3) is 3.27. The summed E-state index contributed by atoms with van der Waals surface area (Å²) in [5, 5.41) is 10.6. The molecule has 1 heterocycles. The first-order valence-corrected chi connectivity index (χ1v) is 7.47. The fraction of sp³-hybridized carbons (Fsp3) is 0.533. The predicted octanol–water partition coefficient (Wildman–Crippen LogP) is 4.07. The van der Waals surface area contributed by atoms with E-state index in [1.165, 1.54) is 0 Å². The standard InChI is InChI=1S/C15H19Cl2NO2/c1-15(2)6-3-7-18(13(15)14(19)20)9-10-4-5-11(16)12(17)8-10/h4-5,8,13H,3,6-7,9H2,1-2H3,(H,19,20). The Bertz CT molecular complexity index is 517. The molecular formula is C15H19Cl2NO2. The van der Waals surface area contributed by atoms with Crippen molar-refractivity contribution in [3.8, 4) is 0 Å². The quantitative estimate of drug-likeness (QED) is 0.914. The van der Waals surface area contributed by atoms with Gasteiger partial charge in [-0.1, -0.05) is 43.1 Å². The van der Waals surface area contributed by atoms with Gasteiger partial charge in [0.1, 0.15) is 6.04 Å². The minimum Gasteiger partial charge on any atom is -0.480 e. The summed E-state index contributed by atoms with van der Waals surface area (Å²) in [6.45, 7) is 5.41. The lowest BCUT2D eigenvalue weighted by Crippen LogP contribution is -2.53. The maximum Gasteiger partial charge on any atom is 0.321 e. The van der Waals surface area contributed by atoms with Gasteiger partial charge in [-0.05, 0) is 42.5 Å². The molecule has 1 fully saturated rings. The first-order valence-electron chi connectivity index (χ1n) is 6.72. The number of piperidine rings is 1. The van der Waals surface area contributed by atoms with Crippen LogP contribution in [-0.4, -0.2) is 28.6 Å². The number of benzene rings is 1. The molecule has 5 heteroatoms. The van der Waals surface area contributed by atoms with Gasteiger partial charge in [-0.2, -0.15) is 0 Å². The lowest BCUT2D eigenvalue weighted by Gasteiger charge is -2.44. The molecule has 0 spiro atoms. The number of rotatable bonds is 3. The SMILES string of the molecule is CC1(C)CCCN(Cc2ccc(Cl)c(Cl)c2)C1C(=O)O.